The molecule has 2 aliphatic heterocycles. The second-order valence-electron chi connectivity index (χ2n) is 9.07. The van der Waals surface area contributed by atoms with E-state index in [0.29, 0.717) is 50.5 Å². The molecule has 2 aliphatic rings. The Morgan fingerprint density at radius 2 is 1.95 bits per heavy atom. The molecule has 1 spiro atoms. The first-order valence-electron chi connectivity index (χ1n) is 11.9. The van der Waals surface area contributed by atoms with Crippen LogP contribution in [0.5, 0.6) is 11.6 Å². The van der Waals surface area contributed by atoms with Crippen molar-refractivity contribution < 1.29 is 23.8 Å². The van der Waals surface area contributed by atoms with Crippen LogP contribution in [0.3, 0.4) is 0 Å². The Kier molecular flexibility index (Phi) is 6.55. The van der Waals surface area contributed by atoms with E-state index >= 15 is 0 Å². The molecule has 3 amide bonds. The van der Waals surface area contributed by atoms with Gasteiger partial charge in [-0.1, -0.05) is 12.1 Å². The number of H-pyrrole nitrogens is 1. The van der Waals surface area contributed by atoms with Crippen LogP contribution in [0.15, 0.2) is 42.9 Å². The van der Waals surface area contributed by atoms with Gasteiger partial charge in [-0.25, -0.2) is 14.6 Å². The van der Waals surface area contributed by atoms with Crippen molar-refractivity contribution >= 4 is 18.1 Å². The molecule has 0 aliphatic carbocycles. The average Bonchev–Trinajstić information content (AvgIpc) is 3.56. The number of hydrogen-bond acceptors (Lipinski definition) is 8. The topological polar surface area (TPSA) is 126 Å². The normalized spacial score (nSPS) is 16.8. The summed E-state index contributed by atoms with van der Waals surface area (Å²) in [6, 6.07) is 7.46. The van der Waals surface area contributed by atoms with E-state index in [1.807, 2.05) is 29.2 Å². The van der Waals surface area contributed by atoms with Crippen LogP contribution in [0.25, 0.3) is 11.1 Å². The first-order valence-corrected chi connectivity index (χ1v) is 11.9. The van der Waals surface area contributed by atoms with E-state index in [1.165, 1.54) is 14.2 Å². The number of amides is 3. The second kappa shape index (κ2) is 9.96. The van der Waals surface area contributed by atoms with Crippen LogP contribution in [0.2, 0.25) is 0 Å². The predicted molar refractivity (Wildman–Crippen MR) is 133 cm³/mol. The Bertz CT molecular complexity index is 1270. The minimum absolute atomic E-state index is 0.201. The maximum Gasteiger partial charge on any atom is 0.409 e. The predicted octanol–water partition coefficient (Wildman–Crippen LogP) is 2.93. The standard InChI is InChI=1S/C25H29N7O5/c1-35-19-6-4-5-17(11-19)15-32-23(33)31(16-25(32)7-9-30(10-8-25)24(34)37-3)22-26-14-20(21(29-22)36-2)18-12-27-28-13-18/h4-6,11-14H,7-10,15-16H2,1-3H3,(H,27,28). The van der Waals surface area contributed by atoms with Crippen LogP contribution in [0, 0.1) is 0 Å². The summed E-state index contributed by atoms with van der Waals surface area (Å²) in [6.45, 7) is 1.73. The number of aromatic nitrogens is 4. The molecule has 0 atom stereocenters. The molecule has 2 fully saturated rings. The van der Waals surface area contributed by atoms with Gasteiger partial charge in [-0.05, 0) is 30.5 Å². The van der Waals surface area contributed by atoms with Crippen LogP contribution in [-0.4, -0.2) is 88.6 Å². The van der Waals surface area contributed by atoms with Gasteiger partial charge < -0.3 is 24.0 Å². The summed E-state index contributed by atoms with van der Waals surface area (Å²) in [7, 11) is 4.52. The zero-order valence-electron chi connectivity index (χ0n) is 21.0. The molecule has 0 unspecified atom stereocenters. The number of likely N-dealkylation sites (tertiary alicyclic amines) is 1. The van der Waals surface area contributed by atoms with E-state index in [0.717, 1.165) is 16.9 Å². The number of nitrogens with zero attached hydrogens (tertiary/aromatic N) is 6. The van der Waals surface area contributed by atoms with Crippen molar-refractivity contribution in [3.05, 3.63) is 48.4 Å². The van der Waals surface area contributed by atoms with E-state index in [2.05, 4.69) is 20.2 Å². The molecule has 0 bridgehead atoms. The lowest BCUT2D eigenvalue weighted by Crippen LogP contribution is -2.55. The summed E-state index contributed by atoms with van der Waals surface area (Å²) in [5.74, 6) is 1.33. The first kappa shape index (κ1) is 24.3. The third kappa shape index (κ3) is 4.50. The Morgan fingerprint density at radius 1 is 1.14 bits per heavy atom. The smallest absolute Gasteiger partial charge is 0.409 e. The monoisotopic (exact) mass is 507 g/mol. The number of piperidine rings is 1. The molecule has 1 aromatic carbocycles. The van der Waals surface area contributed by atoms with Gasteiger partial charge in [0.05, 0.1) is 45.2 Å². The van der Waals surface area contributed by atoms with Gasteiger partial charge >= 0.3 is 12.1 Å². The largest absolute Gasteiger partial charge is 0.497 e. The molecule has 12 nitrogen and oxygen atoms in total. The molecule has 0 radical (unpaired) electrons. The number of anilines is 1. The molecule has 12 heteroatoms. The van der Waals surface area contributed by atoms with Gasteiger partial charge in [-0.3, -0.25) is 10.00 Å². The van der Waals surface area contributed by atoms with Gasteiger partial charge in [-0.2, -0.15) is 10.1 Å². The zero-order valence-corrected chi connectivity index (χ0v) is 21.0. The molecule has 0 saturated carbocycles. The maximum atomic E-state index is 13.9. The summed E-state index contributed by atoms with van der Waals surface area (Å²) in [5, 5.41) is 6.75. The summed E-state index contributed by atoms with van der Waals surface area (Å²) < 4.78 is 15.8. The summed E-state index contributed by atoms with van der Waals surface area (Å²) in [5.41, 5.74) is 1.88. The molecule has 2 saturated heterocycles. The summed E-state index contributed by atoms with van der Waals surface area (Å²) >= 11 is 0. The Morgan fingerprint density at radius 3 is 2.62 bits per heavy atom. The third-order valence-electron chi connectivity index (χ3n) is 7.07. The van der Waals surface area contributed by atoms with Crippen LogP contribution in [0.1, 0.15) is 18.4 Å². The van der Waals surface area contributed by atoms with Gasteiger partial charge in [0.1, 0.15) is 5.75 Å². The molecule has 5 rings (SSSR count). The van der Waals surface area contributed by atoms with Crippen molar-refractivity contribution in [2.75, 3.05) is 45.9 Å². The minimum Gasteiger partial charge on any atom is -0.497 e. The van der Waals surface area contributed by atoms with Gasteiger partial charge in [0.15, 0.2) is 0 Å². The lowest BCUT2D eigenvalue weighted by Gasteiger charge is -2.43. The molecule has 3 aromatic rings. The fourth-order valence-corrected chi connectivity index (χ4v) is 5.04. The minimum atomic E-state index is -0.509. The number of methoxy groups -OCH3 is 3. The number of rotatable bonds is 6. The fourth-order valence-electron chi connectivity index (χ4n) is 5.04. The van der Waals surface area contributed by atoms with Gasteiger partial charge in [-0.15, -0.1) is 0 Å². The van der Waals surface area contributed by atoms with E-state index in [4.69, 9.17) is 14.2 Å². The van der Waals surface area contributed by atoms with Crippen molar-refractivity contribution in [3.8, 4) is 22.8 Å². The number of urea groups is 1. The Hall–Kier alpha value is -4.35. The first-order chi connectivity index (χ1) is 18.0. The van der Waals surface area contributed by atoms with E-state index in [9.17, 15) is 9.59 Å². The quantitative estimate of drug-likeness (QED) is 0.540. The molecular formula is C25H29N7O5. The average molecular weight is 508 g/mol. The highest BCUT2D eigenvalue weighted by molar-refractivity contribution is 5.94. The zero-order chi connectivity index (χ0) is 26.0. The summed E-state index contributed by atoms with van der Waals surface area (Å²) in [6.07, 6.45) is 5.84. The van der Waals surface area contributed by atoms with Gasteiger partial charge in [0.2, 0.25) is 11.8 Å². The SMILES string of the molecule is COC(=O)N1CCC2(CC1)CN(c1ncc(-c3cn[nH]c3)c(OC)n1)C(=O)N2Cc1cccc(OC)c1. The highest BCUT2D eigenvalue weighted by Crippen LogP contribution is 2.40. The van der Waals surface area contributed by atoms with E-state index in [1.54, 1.807) is 35.5 Å². The maximum absolute atomic E-state index is 13.9. The van der Waals surface area contributed by atoms with E-state index in [-0.39, 0.29) is 18.1 Å². The van der Waals surface area contributed by atoms with Gasteiger partial charge in [0.25, 0.3) is 0 Å². The van der Waals surface area contributed by atoms with Crippen LogP contribution in [-0.2, 0) is 11.3 Å². The van der Waals surface area contributed by atoms with E-state index < -0.39 is 5.54 Å². The van der Waals surface area contributed by atoms with Gasteiger partial charge in [0, 0.05) is 37.6 Å². The summed E-state index contributed by atoms with van der Waals surface area (Å²) in [4.78, 5) is 40.3. The Balaban J connectivity index is 1.47. The number of nitrogens with one attached hydrogen (secondary N) is 1. The van der Waals surface area contributed by atoms with Crippen molar-refractivity contribution in [1.29, 1.82) is 0 Å². The number of aromatic amines is 1. The lowest BCUT2D eigenvalue weighted by atomic mass is 9.86. The van der Waals surface area contributed by atoms with Crippen LogP contribution < -0.4 is 14.4 Å². The fraction of sp³-hybridized carbons (Fsp3) is 0.400. The number of carbonyl (C=O) groups is 2. The molecule has 4 heterocycles. The lowest BCUT2D eigenvalue weighted by molar-refractivity contribution is 0.0615. The highest BCUT2D eigenvalue weighted by atomic mass is 16.5. The van der Waals surface area contributed by atoms with Crippen molar-refractivity contribution in [2.24, 2.45) is 0 Å². The van der Waals surface area contributed by atoms with Crippen molar-refractivity contribution in [2.45, 2.75) is 24.9 Å². The number of benzene rings is 1. The number of ether oxygens (including phenoxy) is 3. The molecule has 194 valence electrons. The second-order valence-corrected chi connectivity index (χ2v) is 9.07. The third-order valence-corrected chi connectivity index (χ3v) is 7.07. The number of hydrogen-bond donors (Lipinski definition) is 1. The van der Waals surface area contributed by atoms with Crippen LogP contribution >= 0.6 is 0 Å². The molecule has 2 aromatic heterocycles. The van der Waals surface area contributed by atoms with Crippen molar-refractivity contribution in [3.63, 3.8) is 0 Å². The Labute approximate surface area is 214 Å². The van der Waals surface area contributed by atoms with Crippen molar-refractivity contribution in [1.82, 2.24) is 30.0 Å². The highest BCUT2D eigenvalue weighted by Gasteiger charge is 2.52. The molecule has 1 N–H and O–H groups in total. The molecular weight excluding hydrogens is 478 g/mol. The number of carbonyl (C=O) groups excluding carboxylic acids is 2. The van der Waals surface area contributed by atoms with Crippen LogP contribution in [0.4, 0.5) is 15.5 Å². The molecule has 37 heavy (non-hydrogen) atoms.